The van der Waals surface area contributed by atoms with Gasteiger partial charge in [-0.1, -0.05) is 0 Å². The fourth-order valence-corrected chi connectivity index (χ4v) is 3.22. The maximum absolute atomic E-state index is 12.3. The van der Waals surface area contributed by atoms with Gasteiger partial charge in [-0.3, -0.25) is 0 Å². The lowest BCUT2D eigenvalue weighted by molar-refractivity contribution is 0.503. The van der Waals surface area contributed by atoms with Gasteiger partial charge in [0, 0.05) is 3.57 Å². The van der Waals surface area contributed by atoms with E-state index < -0.39 is 16.7 Å². The number of hydrogen-bond acceptors (Lipinski definition) is 3. The first-order chi connectivity index (χ1) is 7.54. The summed E-state index contributed by atoms with van der Waals surface area (Å²) < 4.78 is 39.8. The van der Waals surface area contributed by atoms with E-state index in [1.165, 1.54) is 11.0 Å². The fraction of sp³-hybridized carbons (Fsp3) is 0.222. The van der Waals surface area contributed by atoms with Crippen LogP contribution in [0.4, 0.5) is 10.1 Å². The van der Waals surface area contributed by atoms with Gasteiger partial charge >= 0.3 is 0 Å². The van der Waals surface area contributed by atoms with E-state index >= 15 is 0 Å². The van der Waals surface area contributed by atoms with Crippen LogP contribution in [-0.2, 0) is 10.0 Å². The first-order valence-corrected chi connectivity index (χ1v) is 6.99. The minimum Gasteiger partial charge on any atom is -0.328 e. The van der Waals surface area contributed by atoms with Gasteiger partial charge in [0.2, 0.25) is 0 Å². The molecule has 1 aromatic rings. The Bertz CT molecular complexity index is 544. The summed E-state index contributed by atoms with van der Waals surface area (Å²) in [4.78, 5) is 1.63. The van der Waals surface area contributed by atoms with Gasteiger partial charge in [-0.15, -0.1) is 4.40 Å². The number of halogens is 2. The number of nitrogens with zero attached hydrogens (tertiary/aromatic N) is 2. The number of hydrogen-bond donors (Lipinski definition) is 0. The van der Waals surface area contributed by atoms with E-state index in [4.69, 9.17) is 0 Å². The summed E-state index contributed by atoms with van der Waals surface area (Å²) in [5, 5.41) is 0. The molecule has 0 saturated heterocycles. The zero-order chi connectivity index (χ0) is 11.8. The van der Waals surface area contributed by atoms with Crippen molar-refractivity contribution in [3.63, 3.8) is 0 Å². The van der Waals surface area contributed by atoms with Crippen LogP contribution in [0, 0.1) is 3.57 Å². The largest absolute Gasteiger partial charge is 0.328 e. The van der Waals surface area contributed by atoms with Crippen LogP contribution < -0.4 is 4.90 Å². The van der Waals surface area contributed by atoms with Crippen molar-refractivity contribution < 1.29 is 12.8 Å². The molecule has 0 aromatic heterocycles. The van der Waals surface area contributed by atoms with E-state index in [0.29, 0.717) is 5.69 Å². The average molecular weight is 354 g/mol. The predicted molar refractivity (Wildman–Crippen MR) is 68.2 cm³/mol. The summed E-state index contributed by atoms with van der Waals surface area (Å²) >= 11 is 2.02. The third-order valence-corrected chi connectivity index (χ3v) is 4.09. The van der Waals surface area contributed by atoms with Crippen LogP contribution in [0.1, 0.15) is 0 Å². The zero-order valence-corrected chi connectivity index (χ0v) is 11.1. The van der Waals surface area contributed by atoms with Gasteiger partial charge in [0.15, 0.2) is 0 Å². The Morgan fingerprint density at radius 3 is 2.88 bits per heavy atom. The third-order valence-electron chi connectivity index (χ3n) is 2.16. The Kier molecular flexibility index (Phi) is 3.15. The number of benzene rings is 1. The van der Waals surface area contributed by atoms with Crippen molar-refractivity contribution in [3.05, 3.63) is 21.8 Å². The monoisotopic (exact) mass is 354 g/mol. The molecule has 0 saturated carbocycles. The number of rotatable bonds is 2. The third kappa shape index (κ3) is 2.05. The van der Waals surface area contributed by atoms with Crippen LogP contribution in [0.15, 0.2) is 27.5 Å². The van der Waals surface area contributed by atoms with E-state index in [9.17, 15) is 12.8 Å². The highest BCUT2D eigenvalue weighted by Gasteiger charge is 2.25. The van der Waals surface area contributed by atoms with Crippen molar-refractivity contribution in [2.24, 2.45) is 4.40 Å². The summed E-state index contributed by atoms with van der Waals surface area (Å²) in [6.07, 6.45) is 1.16. The molecular weight excluding hydrogens is 346 g/mol. The topological polar surface area (TPSA) is 49.7 Å². The minimum absolute atomic E-state index is 0.104. The van der Waals surface area contributed by atoms with E-state index in [2.05, 4.69) is 4.40 Å². The molecule has 0 aliphatic carbocycles. The highest BCUT2D eigenvalue weighted by Crippen LogP contribution is 2.30. The number of fused-ring (bicyclic) bond motifs is 1. The van der Waals surface area contributed by atoms with E-state index in [-0.39, 0.29) is 11.4 Å². The maximum Gasteiger partial charge on any atom is 0.285 e. The molecule has 1 heterocycles. The number of anilines is 1. The maximum atomic E-state index is 12.3. The first-order valence-electron chi connectivity index (χ1n) is 4.47. The van der Waals surface area contributed by atoms with Crippen molar-refractivity contribution in [1.29, 1.82) is 0 Å². The Morgan fingerprint density at radius 2 is 2.19 bits per heavy atom. The van der Waals surface area contributed by atoms with Crippen molar-refractivity contribution in [1.82, 2.24) is 0 Å². The zero-order valence-electron chi connectivity index (χ0n) is 8.10. The van der Waals surface area contributed by atoms with Crippen LogP contribution in [-0.4, -0.2) is 28.0 Å². The lowest BCUT2D eigenvalue weighted by Gasteiger charge is -2.23. The van der Waals surface area contributed by atoms with Gasteiger partial charge in [0.05, 0.1) is 12.2 Å². The smallest absolute Gasteiger partial charge is 0.285 e. The molecule has 16 heavy (non-hydrogen) atoms. The summed E-state index contributed by atoms with van der Waals surface area (Å²) in [7, 11) is -3.62. The molecule has 0 fully saturated rings. The number of sulfonamides is 1. The molecule has 1 aliphatic rings. The highest BCUT2D eigenvalue weighted by molar-refractivity contribution is 14.1. The second kappa shape index (κ2) is 4.28. The van der Waals surface area contributed by atoms with Gasteiger partial charge in [0.1, 0.15) is 17.9 Å². The summed E-state index contributed by atoms with van der Waals surface area (Å²) in [5.41, 5.74) is 0.480. The van der Waals surface area contributed by atoms with Gasteiger partial charge < -0.3 is 4.90 Å². The SMILES string of the molecule is O=S1(=O)N=CN(CCF)c2ccc(I)cc21. The van der Waals surface area contributed by atoms with Crippen molar-refractivity contribution in [2.75, 3.05) is 18.1 Å². The minimum atomic E-state index is -3.62. The quantitative estimate of drug-likeness (QED) is 0.761. The highest BCUT2D eigenvalue weighted by atomic mass is 127. The van der Waals surface area contributed by atoms with Crippen LogP contribution in [0.25, 0.3) is 0 Å². The molecule has 86 valence electrons. The molecule has 1 aromatic carbocycles. The second-order valence-electron chi connectivity index (χ2n) is 3.19. The van der Waals surface area contributed by atoms with Crippen LogP contribution in [0.2, 0.25) is 0 Å². The molecule has 0 N–H and O–H groups in total. The molecule has 0 bridgehead atoms. The lowest BCUT2D eigenvalue weighted by atomic mass is 10.3. The molecule has 0 radical (unpaired) electrons. The molecular formula is C9H8FIN2O2S. The summed E-state index contributed by atoms with van der Waals surface area (Å²) in [6.45, 7) is -0.454. The average Bonchev–Trinajstić information content (AvgIpc) is 2.23. The van der Waals surface area contributed by atoms with Crippen molar-refractivity contribution >= 4 is 44.6 Å². The van der Waals surface area contributed by atoms with Crippen molar-refractivity contribution in [3.8, 4) is 0 Å². The Hall–Kier alpha value is -0.700. The molecule has 0 unspecified atom stereocenters. The normalized spacial score (nSPS) is 17.2. The van der Waals surface area contributed by atoms with Crippen LogP contribution >= 0.6 is 22.6 Å². The first kappa shape index (κ1) is 11.8. The van der Waals surface area contributed by atoms with E-state index in [1.807, 2.05) is 22.6 Å². The summed E-state index contributed by atoms with van der Waals surface area (Å²) in [5.74, 6) is 0. The fourth-order valence-electron chi connectivity index (χ4n) is 1.44. The number of alkyl halides is 1. The standard InChI is InChI=1S/C9H8FIN2O2S/c10-3-4-13-6-12-16(14,15)9-5-7(11)1-2-8(9)13/h1-2,5-6H,3-4H2. The van der Waals surface area contributed by atoms with Gasteiger partial charge in [-0.05, 0) is 40.8 Å². The molecule has 1 aliphatic heterocycles. The molecule has 2 rings (SSSR count). The molecule has 0 amide bonds. The van der Waals surface area contributed by atoms with Crippen LogP contribution in [0.3, 0.4) is 0 Å². The lowest BCUT2D eigenvalue weighted by Crippen LogP contribution is -2.29. The molecule has 0 atom stereocenters. The Morgan fingerprint density at radius 1 is 1.44 bits per heavy atom. The van der Waals surface area contributed by atoms with Crippen molar-refractivity contribution in [2.45, 2.75) is 4.90 Å². The van der Waals surface area contributed by atoms with Gasteiger partial charge in [-0.2, -0.15) is 8.42 Å². The molecule has 4 nitrogen and oxygen atoms in total. The van der Waals surface area contributed by atoms with E-state index in [1.54, 1.807) is 12.1 Å². The molecule has 0 spiro atoms. The second-order valence-corrected chi connectivity index (χ2v) is 6.04. The Balaban J connectivity index is 2.59. The summed E-state index contributed by atoms with van der Waals surface area (Å²) in [6, 6.07) is 4.97. The van der Waals surface area contributed by atoms with Gasteiger partial charge in [-0.25, -0.2) is 4.39 Å². The predicted octanol–water partition coefficient (Wildman–Crippen LogP) is 1.80. The van der Waals surface area contributed by atoms with Crippen LogP contribution in [0.5, 0.6) is 0 Å². The van der Waals surface area contributed by atoms with Gasteiger partial charge in [0.25, 0.3) is 10.0 Å². The molecule has 7 heteroatoms. The van der Waals surface area contributed by atoms with E-state index in [0.717, 1.165) is 9.91 Å². The Labute approximate surface area is 106 Å².